The molecule has 1 amide bonds. The molecule has 2 bridgehead atoms. The number of ether oxygens (including phenoxy) is 4. The van der Waals surface area contributed by atoms with Gasteiger partial charge in [-0.25, -0.2) is 4.79 Å². The molecule has 8 heteroatoms. The highest BCUT2D eigenvalue weighted by molar-refractivity contribution is 5.69. The molecule has 3 saturated heterocycles. The van der Waals surface area contributed by atoms with Crippen LogP contribution in [-0.4, -0.2) is 79.5 Å². The van der Waals surface area contributed by atoms with Crippen LogP contribution in [0.1, 0.15) is 65.0 Å². The Kier molecular flexibility index (Phi) is 8.66. The number of piperazine rings is 1. The molecule has 190 valence electrons. The van der Waals surface area contributed by atoms with E-state index in [2.05, 4.69) is 22.0 Å². The van der Waals surface area contributed by atoms with Gasteiger partial charge >= 0.3 is 6.09 Å². The van der Waals surface area contributed by atoms with Crippen LogP contribution < -0.4 is 4.90 Å². The van der Waals surface area contributed by atoms with E-state index in [0.717, 1.165) is 50.8 Å². The first-order valence-corrected chi connectivity index (χ1v) is 12.9. The van der Waals surface area contributed by atoms with Crippen LogP contribution in [0.4, 0.5) is 10.5 Å². The number of rotatable bonds is 9. The molecular weight excluding hydrogens is 434 g/mol. The van der Waals surface area contributed by atoms with Gasteiger partial charge in [-0.15, -0.1) is 0 Å². The third-order valence-corrected chi connectivity index (χ3v) is 6.62. The van der Waals surface area contributed by atoms with Gasteiger partial charge in [0.1, 0.15) is 5.60 Å². The molecule has 1 aromatic rings. The molecule has 8 nitrogen and oxygen atoms in total. The molecule has 4 heterocycles. The maximum absolute atomic E-state index is 12.6. The molecule has 3 aliphatic heterocycles. The lowest BCUT2D eigenvalue weighted by atomic mass is 10.1. The highest BCUT2D eigenvalue weighted by Gasteiger charge is 2.42. The molecule has 0 saturated carbocycles. The number of likely N-dealkylation sites (tertiary alicyclic amines) is 1. The third-order valence-electron chi connectivity index (χ3n) is 6.62. The summed E-state index contributed by atoms with van der Waals surface area (Å²) in [4.78, 5) is 21.5. The molecule has 0 spiro atoms. The van der Waals surface area contributed by atoms with E-state index < -0.39 is 5.60 Å². The van der Waals surface area contributed by atoms with Crippen LogP contribution in [0.3, 0.4) is 0 Å². The number of nitrogens with zero attached hydrogens (tertiary/aromatic N) is 3. The number of aryl methyl sites for hydroxylation is 1. The second-order valence-corrected chi connectivity index (χ2v) is 10.6. The molecule has 0 radical (unpaired) electrons. The molecule has 4 rings (SSSR count). The molecule has 3 atom stereocenters. The number of carbonyl (C=O) groups is 1. The van der Waals surface area contributed by atoms with E-state index in [1.165, 1.54) is 12.1 Å². The Morgan fingerprint density at radius 1 is 1.12 bits per heavy atom. The van der Waals surface area contributed by atoms with Crippen LogP contribution in [-0.2, 0) is 25.4 Å². The Morgan fingerprint density at radius 3 is 2.62 bits per heavy atom. The Morgan fingerprint density at radius 2 is 1.91 bits per heavy atom. The fourth-order valence-corrected chi connectivity index (χ4v) is 5.10. The molecule has 34 heavy (non-hydrogen) atoms. The van der Waals surface area contributed by atoms with E-state index in [-0.39, 0.29) is 12.4 Å². The molecule has 3 aliphatic rings. The average molecular weight is 476 g/mol. The summed E-state index contributed by atoms with van der Waals surface area (Å²) in [6.45, 7) is 9.85. The van der Waals surface area contributed by atoms with Gasteiger partial charge in [-0.3, -0.25) is 4.98 Å². The van der Waals surface area contributed by atoms with Gasteiger partial charge in [0.2, 0.25) is 0 Å². The van der Waals surface area contributed by atoms with Crippen LogP contribution in [0.15, 0.2) is 18.3 Å². The van der Waals surface area contributed by atoms with Crippen molar-refractivity contribution in [3.05, 3.63) is 24.0 Å². The van der Waals surface area contributed by atoms with E-state index >= 15 is 0 Å². The summed E-state index contributed by atoms with van der Waals surface area (Å²) >= 11 is 0. The smallest absolute Gasteiger partial charge is 0.410 e. The first-order chi connectivity index (χ1) is 16.4. The molecular formula is C26H41N3O5. The fraction of sp³-hybridized carbons (Fsp3) is 0.769. The normalized spacial score (nSPS) is 25.0. The summed E-state index contributed by atoms with van der Waals surface area (Å²) in [5, 5.41) is 0. The predicted octanol–water partition coefficient (Wildman–Crippen LogP) is 4.16. The summed E-state index contributed by atoms with van der Waals surface area (Å²) in [5.41, 5.74) is 1.83. The minimum atomic E-state index is -0.464. The van der Waals surface area contributed by atoms with Crippen LogP contribution in [0.25, 0.3) is 0 Å². The van der Waals surface area contributed by atoms with Gasteiger partial charge in [-0.1, -0.05) is 0 Å². The summed E-state index contributed by atoms with van der Waals surface area (Å²) < 4.78 is 22.6. The van der Waals surface area contributed by atoms with E-state index in [1.54, 1.807) is 0 Å². The number of pyridine rings is 1. The summed E-state index contributed by atoms with van der Waals surface area (Å²) in [7, 11) is 0. The van der Waals surface area contributed by atoms with Gasteiger partial charge in [0, 0.05) is 56.0 Å². The van der Waals surface area contributed by atoms with Crippen molar-refractivity contribution in [1.29, 1.82) is 0 Å². The Bertz CT molecular complexity index is 779. The number of fused-ring (bicyclic) bond motifs is 2. The van der Waals surface area contributed by atoms with Gasteiger partial charge in [0.25, 0.3) is 0 Å². The quantitative estimate of drug-likeness (QED) is 0.497. The maximum atomic E-state index is 12.6. The fourth-order valence-electron chi connectivity index (χ4n) is 5.10. The SMILES string of the molecule is CC(C)(C)OC(=O)N1CC2CCC(C1)N2c1ccnc(CCCOCCOC2CCCCO2)c1. The van der Waals surface area contributed by atoms with Crippen LogP contribution >= 0.6 is 0 Å². The van der Waals surface area contributed by atoms with Gasteiger partial charge in [0.05, 0.1) is 13.2 Å². The lowest BCUT2D eigenvalue weighted by Gasteiger charge is -2.42. The van der Waals surface area contributed by atoms with E-state index in [9.17, 15) is 4.79 Å². The zero-order valence-corrected chi connectivity index (χ0v) is 21.0. The molecule has 1 aromatic heterocycles. The number of hydrogen-bond donors (Lipinski definition) is 0. The Hall–Kier alpha value is -1.90. The van der Waals surface area contributed by atoms with Crippen molar-refractivity contribution in [2.75, 3.05) is 44.4 Å². The van der Waals surface area contributed by atoms with Crippen molar-refractivity contribution in [3.63, 3.8) is 0 Å². The number of aromatic nitrogens is 1. The maximum Gasteiger partial charge on any atom is 0.410 e. The highest BCUT2D eigenvalue weighted by Crippen LogP contribution is 2.35. The summed E-state index contributed by atoms with van der Waals surface area (Å²) in [5.74, 6) is 0. The highest BCUT2D eigenvalue weighted by atomic mass is 16.7. The van der Waals surface area contributed by atoms with Gasteiger partial charge in [-0.2, -0.15) is 0 Å². The van der Waals surface area contributed by atoms with Crippen molar-refractivity contribution in [3.8, 4) is 0 Å². The van der Waals surface area contributed by atoms with Crippen molar-refractivity contribution >= 4 is 11.8 Å². The Balaban J connectivity index is 1.19. The van der Waals surface area contributed by atoms with Crippen LogP contribution in [0.2, 0.25) is 0 Å². The second-order valence-electron chi connectivity index (χ2n) is 10.6. The summed E-state index contributed by atoms with van der Waals surface area (Å²) in [6, 6.07) is 4.97. The van der Waals surface area contributed by atoms with Crippen molar-refractivity contribution in [2.24, 2.45) is 0 Å². The number of anilines is 1. The predicted molar refractivity (Wildman–Crippen MR) is 130 cm³/mol. The van der Waals surface area contributed by atoms with Crippen LogP contribution in [0, 0.1) is 0 Å². The lowest BCUT2D eigenvalue weighted by molar-refractivity contribution is -0.169. The molecule has 3 unspecified atom stereocenters. The standard InChI is InChI=1S/C26H41N3O5/c1-26(2,3)34-25(30)28-18-22-9-10-23(19-28)29(22)21-11-12-27-20(17-21)7-6-13-31-15-16-33-24-8-4-5-14-32-24/h11-12,17,22-24H,4-10,13-16,18-19H2,1-3H3. The average Bonchev–Trinajstić information content (AvgIpc) is 3.07. The largest absolute Gasteiger partial charge is 0.444 e. The number of hydrogen-bond acceptors (Lipinski definition) is 7. The van der Waals surface area contributed by atoms with E-state index in [0.29, 0.717) is 45.0 Å². The topological polar surface area (TPSA) is 73.4 Å². The first kappa shape index (κ1) is 25.2. The van der Waals surface area contributed by atoms with Crippen LogP contribution in [0.5, 0.6) is 0 Å². The van der Waals surface area contributed by atoms with Crippen molar-refractivity contribution in [1.82, 2.24) is 9.88 Å². The first-order valence-electron chi connectivity index (χ1n) is 12.9. The molecule has 0 aliphatic carbocycles. The number of carbonyl (C=O) groups excluding carboxylic acids is 1. The van der Waals surface area contributed by atoms with Crippen molar-refractivity contribution < 1.29 is 23.7 Å². The molecule has 3 fully saturated rings. The van der Waals surface area contributed by atoms with E-state index in [1.807, 2.05) is 31.9 Å². The molecule has 0 N–H and O–H groups in total. The zero-order chi connectivity index (χ0) is 24.0. The zero-order valence-electron chi connectivity index (χ0n) is 21.0. The minimum absolute atomic E-state index is 0.0504. The van der Waals surface area contributed by atoms with E-state index in [4.69, 9.17) is 18.9 Å². The second kappa shape index (κ2) is 11.7. The monoisotopic (exact) mass is 475 g/mol. The molecule has 0 aromatic carbocycles. The van der Waals surface area contributed by atoms with Gasteiger partial charge in [0.15, 0.2) is 6.29 Å². The van der Waals surface area contributed by atoms with Crippen molar-refractivity contribution in [2.45, 2.75) is 89.7 Å². The minimum Gasteiger partial charge on any atom is -0.444 e. The van der Waals surface area contributed by atoms with Gasteiger partial charge < -0.3 is 28.7 Å². The third kappa shape index (κ3) is 7.06. The van der Waals surface area contributed by atoms with Gasteiger partial charge in [-0.05, 0) is 77.8 Å². The summed E-state index contributed by atoms with van der Waals surface area (Å²) in [6.07, 6.45) is 8.97. The Labute approximate surface area is 203 Å². The lowest BCUT2D eigenvalue weighted by Crippen LogP contribution is -2.56. The number of amides is 1.